The maximum atomic E-state index is 14.5. The molecule has 104 heavy (non-hydrogen) atoms. The highest BCUT2D eigenvalue weighted by Gasteiger charge is 2.72. The molecule has 0 fully saturated rings. The predicted molar refractivity (Wildman–Crippen MR) is 407 cm³/mol. The fraction of sp³-hybridized carbons (Fsp3) is 0.217. The fourth-order valence-electron chi connectivity index (χ4n) is 11.9. The third-order valence-corrected chi connectivity index (χ3v) is 19.6. The zero-order valence-electron chi connectivity index (χ0n) is 61.5. The summed E-state index contributed by atoms with van der Waals surface area (Å²) >= 11 is 0. The monoisotopic (exact) mass is 1400 g/mol. The van der Waals surface area contributed by atoms with Gasteiger partial charge in [-0.15, -0.1) is 0 Å². The first-order chi connectivity index (χ1) is 49.3. The summed E-state index contributed by atoms with van der Waals surface area (Å²) in [5.41, 5.74) is 12.5. The SMILES string of the molecule is Cc1ccc(Oc2ccc(C(C)(C)c3ccc(Oc4ccc(C)c(C)c4)cc3)cc2)cc1C.Cc1ccc(Oc2ccc(C(C)c3ccc(Oc4ccc(C)c(C)c4)cc3)cc2)cc1C.Cc1ccc(Oc2ccc(C(c3ccc(Oc4ccc(C)c(C)c4)cc3)(C(F)(F)F)C(F)(F)F)cc2)cc1C. The van der Waals surface area contributed by atoms with Crippen molar-refractivity contribution in [2.24, 2.45) is 0 Å². The van der Waals surface area contributed by atoms with Crippen molar-refractivity contribution in [2.75, 3.05) is 0 Å². The van der Waals surface area contributed by atoms with E-state index in [0.717, 1.165) is 117 Å². The second-order valence-corrected chi connectivity index (χ2v) is 27.4. The zero-order valence-corrected chi connectivity index (χ0v) is 61.5. The van der Waals surface area contributed by atoms with Gasteiger partial charge < -0.3 is 28.4 Å². The van der Waals surface area contributed by atoms with E-state index in [4.69, 9.17) is 28.4 Å². The number of benzene rings is 12. The van der Waals surface area contributed by atoms with Crippen molar-refractivity contribution < 1.29 is 54.8 Å². The number of hydrogen-bond acceptors (Lipinski definition) is 6. The van der Waals surface area contributed by atoms with Crippen LogP contribution in [0.2, 0.25) is 0 Å². The average Bonchev–Trinajstić information content (AvgIpc) is 0.716. The van der Waals surface area contributed by atoms with Gasteiger partial charge in [0.2, 0.25) is 5.41 Å². The maximum Gasteiger partial charge on any atom is 0.411 e. The summed E-state index contributed by atoms with van der Waals surface area (Å²) in [6.07, 6.45) is -11.4. The van der Waals surface area contributed by atoms with Gasteiger partial charge in [-0.3, -0.25) is 0 Å². The van der Waals surface area contributed by atoms with E-state index in [1.54, 1.807) is 24.3 Å². The van der Waals surface area contributed by atoms with Gasteiger partial charge in [-0.1, -0.05) is 130 Å². The Bertz CT molecular complexity index is 4590. The molecule has 12 heteroatoms. The smallest absolute Gasteiger partial charge is 0.411 e. The lowest BCUT2D eigenvalue weighted by atomic mass is 9.73. The summed E-state index contributed by atoms with van der Waals surface area (Å²) in [5, 5.41) is 0. The first kappa shape index (κ1) is 75.7. The average molecular weight is 1400 g/mol. The second-order valence-electron chi connectivity index (χ2n) is 27.4. The van der Waals surface area contributed by atoms with Gasteiger partial charge >= 0.3 is 12.4 Å². The van der Waals surface area contributed by atoms with Crippen molar-refractivity contribution in [3.05, 3.63) is 355 Å². The van der Waals surface area contributed by atoms with Crippen molar-refractivity contribution >= 4 is 0 Å². The summed E-state index contributed by atoms with van der Waals surface area (Å²) in [4.78, 5) is 0. The molecule has 0 saturated carbocycles. The number of hydrogen-bond donors (Lipinski definition) is 0. The predicted octanol–water partition coefficient (Wildman–Crippen LogP) is 27.4. The van der Waals surface area contributed by atoms with Crippen molar-refractivity contribution in [3.63, 3.8) is 0 Å². The van der Waals surface area contributed by atoms with Crippen molar-refractivity contribution in [1.82, 2.24) is 0 Å². The molecule has 0 aromatic heterocycles. The minimum Gasteiger partial charge on any atom is -0.457 e. The summed E-state index contributed by atoms with van der Waals surface area (Å²) < 4.78 is 123. The molecule has 534 valence electrons. The molecule has 0 amide bonds. The van der Waals surface area contributed by atoms with Gasteiger partial charge in [0, 0.05) is 11.3 Å². The molecule has 0 unspecified atom stereocenters. The van der Waals surface area contributed by atoms with Crippen LogP contribution in [-0.4, -0.2) is 12.4 Å². The molecule has 0 aliphatic carbocycles. The molecular formula is C92H88F6O6. The minimum absolute atomic E-state index is 0.109. The molecule has 0 aliphatic heterocycles. The number of alkyl halides is 6. The standard InChI is InChI=1S/C31H26F6O2.C31H32O2.C30H30O2/c1-19-5-11-27(17-21(19)3)38-25-13-7-23(8-14-25)29(30(32,33)34,31(35,36)37)24-9-15-26(16-10-24)39-28-12-6-20(2)22(4)18-28;1-21-7-13-29(19-23(21)3)32-27-15-9-25(10-16-27)31(5,6)26-11-17-28(18-12-26)33-30-14-8-22(2)24(4)20-30;1-20-6-12-29(18-22(20)3)31-27-14-8-25(9-15-27)24(5)26-10-16-28(17-11-26)32-30-13-7-21(2)23(4)19-30/h5-18H,1-4H3;7-20H,1-6H3;6-19,24H,1-5H3. The van der Waals surface area contributed by atoms with Gasteiger partial charge in [0.05, 0.1) is 0 Å². The van der Waals surface area contributed by atoms with Crippen LogP contribution in [0.4, 0.5) is 26.3 Å². The lowest BCUT2D eigenvalue weighted by Gasteiger charge is -2.38. The first-order valence-corrected chi connectivity index (χ1v) is 34.6. The van der Waals surface area contributed by atoms with Crippen LogP contribution in [0.25, 0.3) is 0 Å². The molecule has 0 saturated heterocycles. The molecular weight excluding hydrogens is 1310 g/mol. The largest absolute Gasteiger partial charge is 0.457 e. The normalized spacial score (nSPS) is 11.6. The van der Waals surface area contributed by atoms with Gasteiger partial charge in [-0.25, -0.2) is 0 Å². The second kappa shape index (κ2) is 32.1. The first-order valence-electron chi connectivity index (χ1n) is 34.6. The number of ether oxygens (including phenoxy) is 6. The Morgan fingerprint density at radius 3 is 0.548 bits per heavy atom. The molecule has 0 radical (unpaired) electrons. The minimum atomic E-state index is -5.70. The van der Waals surface area contributed by atoms with E-state index in [0.29, 0.717) is 11.5 Å². The third kappa shape index (κ3) is 18.3. The Morgan fingerprint density at radius 2 is 0.375 bits per heavy atom. The van der Waals surface area contributed by atoms with E-state index < -0.39 is 28.9 Å². The van der Waals surface area contributed by atoms with E-state index in [9.17, 15) is 26.3 Å². The van der Waals surface area contributed by atoms with Crippen LogP contribution in [-0.2, 0) is 10.8 Å². The van der Waals surface area contributed by atoms with E-state index in [1.807, 2.05) is 113 Å². The van der Waals surface area contributed by atoms with E-state index >= 15 is 0 Å². The van der Waals surface area contributed by atoms with E-state index in [2.05, 4.69) is 173 Å². The van der Waals surface area contributed by atoms with Crippen LogP contribution in [0.1, 0.15) is 127 Å². The van der Waals surface area contributed by atoms with Gasteiger partial charge in [-0.05, 0) is 329 Å². The van der Waals surface area contributed by atoms with E-state index in [-0.39, 0.29) is 22.8 Å². The molecule has 0 aliphatic rings. The molecule has 12 rings (SSSR count). The summed E-state index contributed by atoms with van der Waals surface area (Å²) in [5.74, 6) is 8.19. The van der Waals surface area contributed by atoms with Crippen molar-refractivity contribution in [1.29, 1.82) is 0 Å². The molecule has 0 N–H and O–H groups in total. The van der Waals surface area contributed by atoms with Crippen LogP contribution in [0.15, 0.2) is 255 Å². The summed E-state index contributed by atoms with van der Waals surface area (Å²) in [7, 11) is 0. The highest BCUT2D eigenvalue weighted by atomic mass is 19.4. The lowest BCUT2D eigenvalue weighted by Crippen LogP contribution is -2.54. The Hall–Kier alpha value is -11.0. The van der Waals surface area contributed by atoms with Crippen LogP contribution in [0.3, 0.4) is 0 Å². The molecule has 6 nitrogen and oxygen atoms in total. The summed E-state index contributed by atoms with van der Waals surface area (Å²) in [6.45, 7) is 31.1. The van der Waals surface area contributed by atoms with Gasteiger partial charge in [-0.2, -0.15) is 26.3 Å². The highest BCUT2D eigenvalue weighted by Crippen LogP contribution is 2.57. The highest BCUT2D eigenvalue weighted by molar-refractivity contribution is 5.51. The Morgan fingerprint density at radius 1 is 0.212 bits per heavy atom. The topological polar surface area (TPSA) is 55.4 Å². The zero-order chi connectivity index (χ0) is 74.8. The third-order valence-electron chi connectivity index (χ3n) is 19.6. The van der Waals surface area contributed by atoms with Crippen LogP contribution in [0, 0.1) is 83.1 Å². The van der Waals surface area contributed by atoms with Gasteiger partial charge in [0.15, 0.2) is 0 Å². The van der Waals surface area contributed by atoms with Crippen molar-refractivity contribution in [2.45, 2.75) is 133 Å². The quantitative estimate of drug-likeness (QED) is 0.0798. The number of halogens is 6. The fourth-order valence-corrected chi connectivity index (χ4v) is 11.9. The summed E-state index contributed by atoms with van der Waals surface area (Å²) in [6, 6.07) is 76.3. The lowest BCUT2D eigenvalue weighted by molar-refractivity contribution is -0.288. The molecule has 0 bridgehead atoms. The molecule has 12 aromatic carbocycles. The molecule has 0 atom stereocenters. The van der Waals surface area contributed by atoms with Gasteiger partial charge in [0.1, 0.15) is 69.0 Å². The van der Waals surface area contributed by atoms with E-state index in [1.165, 1.54) is 66.8 Å². The van der Waals surface area contributed by atoms with Crippen LogP contribution in [0.5, 0.6) is 69.0 Å². The molecule has 12 aromatic rings. The molecule has 0 spiro atoms. The van der Waals surface area contributed by atoms with Crippen LogP contribution >= 0.6 is 0 Å². The van der Waals surface area contributed by atoms with Crippen molar-refractivity contribution in [3.8, 4) is 69.0 Å². The number of aryl methyl sites for hydroxylation is 12. The van der Waals surface area contributed by atoms with Gasteiger partial charge in [0.25, 0.3) is 0 Å². The Labute approximate surface area is 608 Å². The maximum absolute atomic E-state index is 14.5. The Balaban J connectivity index is 0.000000168. The molecule has 0 heterocycles. The Kier molecular flexibility index (Phi) is 23.4. The van der Waals surface area contributed by atoms with Crippen LogP contribution < -0.4 is 28.4 Å². The number of rotatable bonds is 18.